The minimum Gasteiger partial charge on any atom is -0.385 e. The zero-order valence-electron chi connectivity index (χ0n) is 21.8. The monoisotopic (exact) mass is 526 g/mol. The molecule has 0 bridgehead atoms. The van der Waals surface area contributed by atoms with Crippen LogP contribution >= 0.6 is 11.8 Å². The number of benzene rings is 2. The highest BCUT2D eigenvalue weighted by atomic mass is 32.2. The van der Waals surface area contributed by atoms with E-state index in [9.17, 15) is 14.9 Å². The van der Waals surface area contributed by atoms with Crippen LogP contribution < -0.4 is 0 Å². The highest BCUT2D eigenvalue weighted by Gasteiger charge is 2.35. The lowest BCUT2D eigenvalue weighted by Gasteiger charge is -2.27. The van der Waals surface area contributed by atoms with Gasteiger partial charge < -0.3 is 4.74 Å². The minimum atomic E-state index is -0.566. The predicted molar refractivity (Wildman–Crippen MR) is 150 cm³/mol. The van der Waals surface area contributed by atoms with Gasteiger partial charge in [-0.1, -0.05) is 37.3 Å². The number of nitriles is 1. The molecule has 0 radical (unpaired) electrons. The quantitative estimate of drug-likeness (QED) is 0.146. The van der Waals surface area contributed by atoms with Gasteiger partial charge in [-0.25, -0.2) is 4.68 Å². The summed E-state index contributed by atoms with van der Waals surface area (Å²) in [5, 5.41) is 14.6. The summed E-state index contributed by atoms with van der Waals surface area (Å²) in [4.78, 5) is 28.7. The highest BCUT2D eigenvalue weighted by Crippen LogP contribution is 2.32. The Hall–Kier alpha value is -3.93. The third kappa shape index (κ3) is 5.80. The zero-order chi connectivity index (χ0) is 27.1. The number of hydrogen-bond donors (Lipinski definition) is 0. The molecule has 0 aliphatic carbocycles. The molecule has 1 aliphatic heterocycles. The van der Waals surface area contributed by atoms with E-state index in [4.69, 9.17) is 9.84 Å². The molecule has 194 valence electrons. The summed E-state index contributed by atoms with van der Waals surface area (Å²) in [6, 6.07) is 20.0. The summed E-state index contributed by atoms with van der Waals surface area (Å²) in [7, 11) is 1.57. The van der Waals surface area contributed by atoms with Crippen LogP contribution in [0.5, 0.6) is 0 Å². The van der Waals surface area contributed by atoms with Crippen molar-refractivity contribution in [1.82, 2.24) is 14.7 Å². The maximum absolute atomic E-state index is 13.5. The van der Waals surface area contributed by atoms with E-state index in [0.29, 0.717) is 35.4 Å². The third-order valence-electron chi connectivity index (χ3n) is 6.22. The molecule has 0 saturated carbocycles. The largest absolute Gasteiger partial charge is 0.385 e. The molecular weight excluding hydrogens is 496 g/mol. The average molecular weight is 527 g/mol. The van der Waals surface area contributed by atoms with E-state index in [0.717, 1.165) is 28.3 Å². The van der Waals surface area contributed by atoms with Gasteiger partial charge in [0.25, 0.3) is 11.8 Å². The lowest BCUT2D eigenvalue weighted by molar-refractivity contribution is -0.140. The Morgan fingerprint density at radius 3 is 2.47 bits per heavy atom. The normalized spacial score (nSPS) is 14.9. The second kappa shape index (κ2) is 12.5. The molecule has 3 aromatic rings. The van der Waals surface area contributed by atoms with Gasteiger partial charge in [-0.3, -0.25) is 14.5 Å². The van der Waals surface area contributed by atoms with Crippen LogP contribution in [0.15, 0.2) is 82.4 Å². The summed E-state index contributed by atoms with van der Waals surface area (Å²) in [5.41, 5.74) is 3.86. The van der Waals surface area contributed by atoms with E-state index < -0.39 is 11.8 Å². The first kappa shape index (κ1) is 27.1. The van der Waals surface area contributed by atoms with Crippen molar-refractivity contribution in [3.63, 3.8) is 0 Å². The van der Waals surface area contributed by atoms with Crippen LogP contribution in [0.25, 0.3) is 23.0 Å². The molecule has 2 aromatic carbocycles. The number of aromatic nitrogens is 2. The van der Waals surface area contributed by atoms with E-state index >= 15 is 0 Å². The molecule has 4 rings (SSSR count). The molecule has 0 saturated heterocycles. The van der Waals surface area contributed by atoms with E-state index in [-0.39, 0.29) is 12.1 Å². The first-order chi connectivity index (χ1) is 18.5. The Kier molecular flexibility index (Phi) is 8.95. The second-order valence-electron chi connectivity index (χ2n) is 8.86. The molecule has 8 heteroatoms. The summed E-state index contributed by atoms with van der Waals surface area (Å²) in [6.07, 6.45) is 5.20. The number of carbonyl (C=O) groups excluding carboxylic acids is 2. The van der Waals surface area contributed by atoms with E-state index in [1.54, 1.807) is 36.6 Å². The Morgan fingerprint density at radius 2 is 1.82 bits per heavy atom. The van der Waals surface area contributed by atoms with Crippen molar-refractivity contribution < 1.29 is 14.3 Å². The van der Waals surface area contributed by atoms with Crippen molar-refractivity contribution in [1.29, 1.82) is 5.26 Å². The molecular formula is C30H30N4O3S. The molecule has 38 heavy (non-hydrogen) atoms. The molecule has 0 N–H and O–H groups in total. The number of amides is 2. The summed E-state index contributed by atoms with van der Waals surface area (Å²) < 4.78 is 6.86. The fraction of sp³-hybridized carbons (Fsp3) is 0.267. The van der Waals surface area contributed by atoms with Crippen LogP contribution in [-0.4, -0.2) is 52.5 Å². The molecule has 0 atom stereocenters. The number of para-hydroxylation sites is 1. The first-order valence-corrected chi connectivity index (χ1v) is 13.5. The fourth-order valence-electron chi connectivity index (χ4n) is 4.21. The van der Waals surface area contributed by atoms with Gasteiger partial charge in [0.15, 0.2) is 0 Å². The van der Waals surface area contributed by atoms with E-state index in [2.05, 4.69) is 19.1 Å². The Morgan fingerprint density at radius 1 is 1.08 bits per heavy atom. The van der Waals surface area contributed by atoms with Crippen LogP contribution in [0.2, 0.25) is 0 Å². The molecule has 7 nitrogen and oxygen atoms in total. The lowest BCUT2D eigenvalue weighted by Crippen LogP contribution is -2.43. The lowest BCUT2D eigenvalue weighted by atomic mass is 9.93. The molecule has 0 spiro atoms. The summed E-state index contributed by atoms with van der Waals surface area (Å²) >= 11 is 1.81. The minimum absolute atomic E-state index is 0.0254. The third-order valence-corrected chi connectivity index (χ3v) is 7.44. The summed E-state index contributed by atoms with van der Waals surface area (Å²) in [6.45, 7) is 4.38. The Labute approximate surface area is 227 Å². The maximum Gasteiger partial charge on any atom is 0.271 e. The zero-order valence-corrected chi connectivity index (χ0v) is 22.6. The smallest absolute Gasteiger partial charge is 0.271 e. The van der Waals surface area contributed by atoms with Gasteiger partial charge >= 0.3 is 0 Å². The van der Waals surface area contributed by atoms with Crippen LogP contribution in [0.1, 0.15) is 32.3 Å². The number of hydrogen-bond acceptors (Lipinski definition) is 6. The average Bonchev–Trinajstić information content (AvgIpc) is 3.37. The molecule has 0 unspecified atom stereocenters. The van der Waals surface area contributed by atoms with Crippen molar-refractivity contribution in [2.24, 2.45) is 0 Å². The SMILES string of the molecule is CCCSc1ccc(-c2nn(-c3ccccc3)cc2/C=C2/C(=O)N(CCCOC)C(=O)C(C#N)=C2C)cc1. The van der Waals surface area contributed by atoms with Crippen molar-refractivity contribution in [2.75, 3.05) is 26.0 Å². The maximum atomic E-state index is 13.5. The second-order valence-corrected chi connectivity index (χ2v) is 10.0. The Balaban J connectivity index is 1.82. The van der Waals surface area contributed by atoms with Gasteiger partial charge in [0, 0.05) is 48.1 Å². The van der Waals surface area contributed by atoms with Crippen molar-refractivity contribution >= 4 is 29.7 Å². The number of imide groups is 1. The number of rotatable bonds is 10. The summed E-state index contributed by atoms with van der Waals surface area (Å²) in [5.74, 6) is 0.0596. The predicted octanol–water partition coefficient (Wildman–Crippen LogP) is 5.67. The molecule has 1 aromatic heterocycles. The van der Waals surface area contributed by atoms with E-state index in [1.807, 2.05) is 54.7 Å². The number of nitrogens with zero attached hydrogens (tertiary/aromatic N) is 4. The van der Waals surface area contributed by atoms with Crippen molar-refractivity contribution in [3.8, 4) is 23.0 Å². The van der Waals surface area contributed by atoms with Gasteiger partial charge in [-0.05, 0) is 61.4 Å². The van der Waals surface area contributed by atoms with Crippen molar-refractivity contribution in [2.45, 2.75) is 31.6 Å². The van der Waals surface area contributed by atoms with Crippen LogP contribution in [0.4, 0.5) is 0 Å². The van der Waals surface area contributed by atoms with Crippen molar-refractivity contribution in [3.05, 3.63) is 83.1 Å². The van der Waals surface area contributed by atoms with Crippen LogP contribution in [0.3, 0.4) is 0 Å². The molecule has 0 fully saturated rings. The van der Waals surface area contributed by atoms with Gasteiger partial charge in [-0.15, -0.1) is 11.8 Å². The van der Waals surface area contributed by atoms with Gasteiger partial charge in [0.2, 0.25) is 0 Å². The number of methoxy groups -OCH3 is 1. The van der Waals surface area contributed by atoms with Gasteiger partial charge in [0.1, 0.15) is 11.6 Å². The first-order valence-electron chi connectivity index (χ1n) is 12.5. The fourth-order valence-corrected chi connectivity index (χ4v) is 4.98. The van der Waals surface area contributed by atoms with Crippen LogP contribution in [-0.2, 0) is 14.3 Å². The molecule has 2 amide bonds. The van der Waals surface area contributed by atoms with Gasteiger partial charge in [-0.2, -0.15) is 10.4 Å². The van der Waals surface area contributed by atoms with E-state index in [1.165, 1.54) is 4.90 Å². The highest BCUT2D eigenvalue weighted by molar-refractivity contribution is 7.99. The standard InChI is InChI=1S/C30H30N4O3S/c1-4-17-38-25-13-11-22(12-14-25)28-23(20-34(32-28)24-9-6-5-7-10-24)18-26-21(2)27(19-31)30(36)33(29(26)35)15-8-16-37-3/h5-7,9-14,18,20H,4,8,15-17H2,1-3H3/b26-18+. The molecule has 1 aliphatic rings. The Bertz CT molecular complexity index is 1420. The topological polar surface area (TPSA) is 88.2 Å². The molecule has 2 heterocycles. The number of thioether (sulfide) groups is 1. The van der Waals surface area contributed by atoms with Gasteiger partial charge in [0.05, 0.1) is 11.4 Å². The number of carbonyl (C=O) groups is 2. The number of ether oxygens (including phenoxy) is 1. The van der Waals surface area contributed by atoms with Crippen LogP contribution in [0, 0.1) is 11.3 Å².